The fraction of sp³-hybridized carbons (Fsp3) is 0.286. The molecule has 0 aromatic heterocycles. The van der Waals surface area contributed by atoms with Crippen molar-refractivity contribution in [3.05, 3.63) is 29.8 Å². The number of amides is 3. The summed E-state index contributed by atoms with van der Waals surface area (Å²) in [7, 11) is 0. The monoisotopic (exact) mass is 290 g/mol. The van der Waals surface area contributed by atoms with Gasteiger partial charge in [0.1, 0.15) is 6.54 Å². The van der Waals surface area contributed by atoms with E-state index in [0.717, 1.165) is 4.90 Å². The summed E-state index contributed by atoms with van der Waals surface area (Å²) in [6.07, 6.45) is 0.180. The molecule has 7 heteroatoms. The number of hydrogen-bond donors (Lipinski definition) is 2. The van der Waals surface area contributed by atoms with Gasteiger partial charge in [0.05, 0.1) is 5.69 Å². The number of hydrogen-bond acceptors (Lipinski definition) is 4. The molecular weight excluding hydrogens is 276 g/mol. The van der Waals surface area contributed by atoms with Crippen LogP contribution in [0.15, 0.2) is 24.3 Å². The highest BCUT2D eigenvalue weighted by atomic mass is 16.4. The highest BCUT2D eigenvalue weighted by Crippen LogP contribution is 2.26. The minimum Gasteiger partial charge on any atom is -0.480 e. The second-order valence-electron chi connectivity index (χ2n) is 4.80. The van der Waals surface area contributed by atoms with Crippen molar-refractivity contribution < 1.29 is 24.3 Å². The molecule has 1 aliphatic rings. The van der Waals surface area contributed by atoms with E-state index in [-0.39, 0.29) is 29.7 Å². The maximum Gasteiger partial charge on any atom is 0.322 e. The summed E-state index contributed by atoms with van der Waals surface area (Å²) in [5.74, 6) is -2.53. The molecule has 110 valence electrons. The normalized spacial score (nSPS) is 18.0. The summed E-state index contributed by atoms with van der Waals surface area (Å²) in [6.45, 7) is 1.22. The molecule has 1 fully saturated rings. The Morgan fingerprint density at radius 3 is 2.38 bits per heavy atom. The van der Waals surface area contributed by atoms with E-state index in [1.807, 2.05) is 0 Å². The minimum atomic E-state index is -1.14. The van der Waals surface area contributed by atoms with Crippen molar-refractivity contribution in [2.75, 3.05) is 11.4 Å². The maximum atomic E-state index is 11.9. The average Bonchev–Trinajstić information content (AvgIpc) is 2.70. The third-order valence-corrected chi connectivity index (χ3v) is 3.16. The van der Waals surface area contributed by atoms with E-state index in [1.165, 1.54) is 24.3 Å². The van der Waals surface area contributed by atoms with Crippen molar-refractivity contribution in [3.8, 4) is 0 Å². The zero-order chi connectivity index (χ0) is 15.6. The van der Waals surface area contributed by atoms with Gasteiger partial charge < -0.3 is 10.4 Å². The van der Waals surface area contributed by atoms with Gasteiger partial charge in [-0.3, -0.25) is 24.1 Å². The Morgan fingerprint density at radius 2 is 1.90 bits per heavy atom. The van der Waals surface area contributed by atoms with Crippen LogP contribution in [0.1, 0.15) is 23.7 Å². The van der Waals surface area contributed by atoms with Gasteiger partial charge in [-0.25, -0.2) is 0 Å². The molecule has 0 spiro atoms. The number of anilines is 1. The second kappa shape index (κ2) is 5.74. The number of carbonyl (C=O) groups excluding carboxylic acids is 3. The lowest BCUT2D eigenvalue weighted by Crippen LogP contribution is -2.30. The fourth-order valence-corrected chi connectivity index (χ4v) is 2.07. The maximum absolute atomic E-state index is 11.9. The van der Waals surface area contributed by atoms with Gasteiger partial charge in [-0.15, -0.1) is 0 Å². The van der Waals surface area contributed by atoms with Gasteiger partial charge in [0.15, 0.2) is 0 Å². The minimum absolute atomic E-state index is 0.180. The molecule has 1 heterocycles. The van der Waals surface area contributed by atoms with Crippen LogP contribution in [-0.2, 0) is 14.4 Å². The molecule has 1 aromatic rings. The molecule has 21 heavy (non-hydrogen) atoms. The van der Waals surface area contributed by atoms with E-state index < -0.39 is 18.4 Å². The van der Waals surface area contributed by atoms with E-state index in [9.17, 15) is 19.2 Å². The fourth-order valence-electron chi connectivity index (χ4n) is 2.07. The van der Waals surface area contributed by atoms with E-state index in [2.05, 4.69) is 5.32 Å². The number of aliphatic carboxylic acids is 1. The predicted molar refractivity (Wildman–Crippen MR) is 72.7 cm³/mol. The van der Waals surface area contributed by atoms with E-state index in [0.29, 0.717) is 5.69 Å². The van der Waals surface area contributed by atoms with Crippen LogP contribution in [-0.4, -0.2) is 35.3 Å². The summed E-state index contributed by atoms with van der Waals surface area (Å²) in [4.78, 5) is 46.7. The second-order valence-corrected chi connectivity index (χ2v) is 4.80. The van der Waals surface area contributed by atoms with Crippen LogP contribution < -0.4 is 10.2 Å². The molecule has 1 unspecified atom stereocenters. The molecule has 1 saturated heterocycles. The number of carboxylic acid groups (broad SMARTS) is 1. The molecule has 0 aliphatic carbocycles. The lowest BCUT2D eigenvalue weighted by molar-refractivity contribution is -0.135. The zero-order valence-electron chi connectivity index (χ0n) is 11.3. The molecule has 2 N–H and O–H groups in total. The molecule has 0 bridgehead atoms. The standard InChI is InChI=1S/C14H14N2O5/c1-8-6-11(17)16(14(8)21)10-4-2-9(3-5-10)13(20)15-7-12(18)19/h2-5,8H,6-7H2,1H3,(H,15,20)(H,18,19). The van der Waals surface area contributed by atoms with Crippen molar-refractivity contribution >= 4 is 29.4 Å². The van der Waals surface area contributed by atoms with E-state index in [1.54, 1.807) is 6.92 Å². The Hall–Kier alpha value is -2.70. The van der Waals surface area contributed by atoms with E-state index in [4.69, 9.17) is 5.11 Å². The number of rotatable bonds is 4. The van der Waals surface area contributed by atoms with Crippen LogP contribution in [0.2, 0.25) is 0 Å². The van der Waals surface area contributed by atoms with Gasteiger partial charge in [-0.05, 0) is 24.3 Å². The number of benzene rings is 1. The van der Waals surface area contributed by atoms with Crippen LogP contribution in [0.25, 0.3) is 0 Å². The van der Waals surface area contributed by atoms with Crippen LogP contribution in [0.3, 0.4) is 0 Å². The van der Waals surface area contributed by atoms with Gasteiger partial charge >= 0.3 is 5.97 Å². The Morgan fingerprint density at radius 1 is 1.29 bits per heavy atom. The Kier molecular flexibility index (Phi) is 4.02. The molecule has 7 nitrogen and oxygen atoms in total. The van der Waals surface area contributed by atoms with Crippen molar-refractivity contribution in [3.63, 3.8) is 0 Å². The third kappa shape index (κ3) is 3.07. The van der Waals surface area contributed by atoms with Crippen molar-refractivity contribution in [1.29, 1.82) is 0 Å². The number of carbonyl (C=O) groups is 4. The summed E-state index contributed by atoms with van der Waals surface area (Å²) in [5, 5.41) is 10.7. The molecular formula is C14H14N2O5. The quantitative estimate of drug-likeness (QED) is 0.781. The summed E-state index contributed by atoms with van der Waals surface area (Å²) >= 11 is 0. The summed E-state index contributed by atoms with van der Waals surface area (Å²) < 4.78 is 0. The van der Waals surface area contributed by atoms with Gasteiger partial charge in [0.2, 0.25) is 11.8 Å². The van der Waals surface area contributed by atoms with Crippen LogP contribution >= 0.6 is 0 Å². The smallest absolute Gasteiger partial charge is 0.322 e. The van der Waals surface area contributed by atoms with Crippen molar-refractivity contribution in [1.82, 2.24) is 5.32 Å². The average molecular weight is 290 g/mol. The topological polar surface area (TPSA) is 104 Å². The van der Waals surface area contributed by atoms with Crippen LogP contribution in [0.5, 0.6) is 0 Å². The molecule has 1 aromatic carbocycles. The van der Waals surface area contributed by atoms with E-state index >= 15 is 0 Å². The highest BCUT2D eigenvalue weighted by Gasteiger charge is 2.36. The zero-order valence-corrected chi connectivity index (χ0v) is 11.3. The van der Waals surface area contributed by atoms with Crippen molar-refractivity contribution in [2.24, 2.45) is 5.92 Å². The van der Waals surface area contributed by atoms with Crippen LogP contribution in [0.4, 0.5) is 5.69 Å². The Bertz CT molecular complexity index is 608. The molecule has 2 rings (SSSR count). The molecule has 1 aliphatic heterocycles. The lowest BCUT2D eigenvalue weighted by Gasteiger charge is -2.14. The van der Waals surface area contributed by atoms with Gasteiger partial charge in [0.25, 0.3) is 5.91 Å². The number of carboxylic acids is 1. The molecule has 0 saturated carbocycles. The van der Waals surface area contributed by atoms with Gasteiger partial charge in [-0.1, -0.05) is 6.92 Å². The summed E-state index contributed by atoms with van der Waals surface area (Å²) in [6, 6.07) is 5.86. The predicted octanol–water partition coefficient (Wildman–Crippen LogP) is 0.400. The third-order valence-electron chi connectivity index (χ3n) is 3.16. The first-order chi connectivity index (χ1) is 9.90. The number of nitrogens with one attached hydrogen (secondary N) is 1. The number of nitrogens with zero attached hydrogens (tertiary/aromatic N) is 1. The Balaban J connectivity index is 2.12. The van der Waals surface area contributed by atoms with Crippen LogP contribution in [0, 0.1) is 5.92 Å². The molecule has 1 atom stereocenters. The number of imide groups is 1. The molecule has 0 radical (unpaired) electrons. The summed E-state index contributed by atoms with van der Waals surface area (Å²) in [5.41, 5.74) is 0.663. The SMILES string of the molecule is CC1CC(=O)N(c2ccc(C(=O)NCC(=O)O)cc2)C1=O. The highest BCUT2D eigenvalue weighted by molar-refractivity contribution is 6.20. The van der Waals surface area contributed by atoms with Gasteiger partial charge in [0, 0.05) is 17.9 Å². The largest absolute Gasteiger partial charge is 0.480 e. The molecule has 3 amide bonds. The van der Waals surface area contributed by atoms with Gasteiger partial charge in [-0.2, -0.15) is 0 Å². The van der Waals surface area contributed by atoms with Crippen molar-refractivity contribution in [2.45, 2.75) is 13.3 Å². The first kappa shape index (κ1) is 14.7. The lowest BCUT2D eigenvalue weighted by atomic mass is 10.1. The first-order valence-electron chi connectivity index (χ1n) is 6.37. The first-order valence-corrected chi connectivity index (χ1v) is 6.37. The Labute approximate surface area is 120 Å².